The first-order chi connectivity index (χ1) is 19.7. The molecule has 0 aliphatic rings. The topological polar surface area (TPSA) is 66.0 Å². The molecule has 0 aromatic heterocycles. The summed E-state index contributed by atoms with van der Waals surface area (Å²) in [7, 11) is 0. The highest BCUT2D eigenvalue weighted by Crippen LogP contribution is 2.24. The Morgan fingerprint density at radius 3 is 0.950 bits per heavy atom. The fraction of sp³-hybridized carbons (Fsp3) is 0.278. The number of unbranched alkanes of at least 4 members (excludes halogenated alkanes) is 7. The Morgan fingerprint density at radius 2 is 0.650 bits per heavy atom. The summed E-state index contributed by atoms with van der Waals surface area (Å²) in [6, 6.07) is 35.9. The van der Waals surface area contributed by atoms with Crippen LogP contribution in [0.4, 0.5) is 0 Å². The Kier molecular flexibility index (Phi) is 11.2. The average molecular weight is 529 g/mol. The maximum atomic E-state index is 8.94. The van der Waals surface area contributed by atoms with E-state index in [-0.39, 0.29) is 0 Å². The molecule has 40 heavy (non-hydrogen) atoms. The second-order valence-corrected chi connectivity index (χ2v) is 9.95. The normalized spacial score (nSPS) is 10.4. The minimum atomic E-state index is 0.675. The van der Waals surface area contributed by atoms with E-state index in [1.807, 2.05) is 72.8 Å². The van der Waals surface area contributed by atoms with E-state index in [2.05, 4.69) is 36.4 Å². The van der Waals surface area contributed by atoms with E-state index >= 15 is 0 Å². The number of hydrogen-bond acceptors (Lipinski definition) is 4. The molecule has 0 aliphatic carbocycles. The van der Waals surface area contributed by atoms with Crippen LogP contribution in [0.25, 0.3) is 22.3 Å². The lowest BCUT2D eigenvalue weighted by Gasteiger charge is -2.08. The zero-order valence-electron chi connectivity index (χ0n) is 23.0. The van der Waals surface area contributed by atoms with Gasteiger partial charge in [-0.3, -0.25) is 0 Å². The van der Waals surface area contributed by atoms with Crippen molar-refractivity contribution in [3.63, 3.8) is 0 Å². The zero-order valence-corrected chi connectivity index (χ0v) is 23.0. The van der Waals surface area contributed by atoms with Crippen molar-refractivity contribution in [1.82, 2.24) is 0 Å². The zero-order chi connectivity index (χ0) is 27.8. The quantitative estimate of drug-likeness (QED) is 0.144. The van der Waals surface area contributed by atoms with Crippen LogP contribution in [0.1, 0.15) is 62.5 Å². The Balaban J connectivity index is 0.990. The average Bonchev–Trinajstić information content (AvgIpc) is 3.02. The molecule has 4 rings (SSSR count). The van der Waals surface area contributed by atoms with E-state index < -0.39 is 0 Å². The highest BCUT2D eigenvalue weighted by atomic mass is 16.5. The smallest absolute Gasteiger partial charge is 0.119 e. The monoisotopic (exact) mass is 528 g/mol. The minimum Gasteiger partial charge on any atom is -0.494 e. The Labute approximate surface area is 238 Å². The summed E-state index contributed by atoms with van der Waals surface area (Å²) in [5, 5.41) is 17.9. The molecular formula is C36H36N2O2. The van der Waals surface area contributed by atoms with Gasteiger partial charge in [0.25, 0.3) is 0 Å². The number of hydrogen-bond donors (Lipinski definition) is 0. The second kappa shape index (κ2) is 15.8. The summed E-state index contributed by atoms with van der Waals surface area (Å²) in [5.74, 6) is 1.81. The van der Waals surface area contributed by atoms with Crippen molar-refractivity contribution in [3.05, 3.63) is 108 Å². The lowest BCUT2D eigenvalue weighted by atomic mass is 10.0. The molecule has 0 fully saturated rings. The van der Waals surface area contributed by atoms with Gasteiger partial charge in [-0.15, -0.1) is 0 Å². The van der Waals surface area contributed by atoms with Gasteiger partial charge < -0.3 is 9.47 Å². The van der Waals surface area contributed by atoms with Crippen molar-refractivity contribution in [1.29, 1.82) is 10.5 Å². The standard InChI is InChI=1S/C36H36N2O2/c37-27-29-9-13-31(14-10-29)33-17-21-35(22-18-33)39-25-7-5-3-1-2-4-6-8-26-40-36-23-19-34(20-24-36)32-15-11-30(28-38)12-16-32/h9-24H,1-8,25-26H2. The highest BCUT2D eigenvalue weighted by molar-refractivity contribution is 5.65. The molecule has 0 radical (unpaired) electrons. The van der Waals surface area contributed by atoms with Gasteiger partial charge in [0, 0.05) is 0 Å². The first-order valence-corrected chi connectivity index (χ1v) is 14.2. The van der Waals surface area contributed by atoms with Crippen LogP contribution < -0.4 is 9.47 Å². The first-order valence-electron chi connectivity index (χ1n) is 14.2. The molecule has 0 saturated carbocycles. The third-order valence-electron chi connectivity index (χ3n) is 6.98. The fourth-order valence-corrected chi connectivity index (χ4v) is 4.61. The molecule has 0 amide bonds. The van der Waals surface area contributed by atoms with Gasteiger partial charge >= 0.3 is 0 Å². The van der Waals surface area contributed by atoms with Crippen LogP contribution >= 0.6 is 0 Å². The van der Waals surface area contributed by atoms with E-state index in [1.54, 1.807) is 0 Å². The molecule has 0 aliphatic heterocycles. The van der Waals surface area contributed by atoms with Crippen LogP contribution in [-0.4, -0.2) is 13.2 Å². The Morgan fingerprint density at radius 1 is 0.375 bits per heavy atom. The van der Waals surface area contributed by atoms with Crippen LogP contribution in [0.3, 0.4) is 0 Å². The van der Waals surface area contributed by atoms with Gasteiger partial charge in [0.1, 0.15) is 11.5 Å². The lowest BCUT2D eigenvalue weighted by Crippen LogP contribution is -1.98. The number of benzene rings is 4. The minimum absolute atomic E-state index is 0.675. The lowest BCUT2D eigenvalue weighted by molar-refractivity contribution is 0.301. The third kappa shape index (κ3) is 9.04. The summed E-state index contributed by atoms with van der Waals surface area (Å²) < 4.78 is 11.8. The Hall–Kier alpha value is -4.54. The molecular weight excluding hydrogens is 492 g/mol. The molecule has 0 unspecified atom stereocenters. The van der Waals surface area contributed by atoms with Crippen molar-refractivity contribution in [3.8, 4) is 45.9 Å². The maximum absolute atomic E-state index is 8.94. The van der Waals surface area contributed by atoms with Gasteiger partial charge in [-0.05, 0) is 83.6 Å². The molecule has 0 bridgehead atoms. The van der Waals surface area contributed by atoms with Crippen molar-refractivity contribution < 1.29 is 9.47 Å². The molecule has 0 heterocycles. The number of nitrogens with zero attached hydrogens (tertiary/aromatic N) is 2. The third-order valence-corrected chi connectivity index (χ3v) is 6.98. The van der Waals surface area contributed by atoms with Gasteiger partial charge in [0.15, 0.2) is 0 Å². The van der Waals surface area contributed by atoms with Crippen molar-refractivity contribution in [2.75, 3.05) is 13.2 Å². The van der Waals surface area contributed by atoms with Crippen LogP contribution in [-0.2, 0) is 0 Å². The predicted molar refractivity (Wildman–Crippen MR) is 161 cm³/mol. The summed E-state index contributed by atoms with van der Waals surface area (Å²) in [5.41, 5.74) is 5.80. The number of rotatable bonds is 15. The summed E-state index contributed by atoms with van der Waals surface area (Å²) >= 11 is 0. The summed E-state index contributed by atoms with van der Waals surface area (Å²) in [4.78, 5) is 0. The molecule has 4 nitrogen and oxygen atoms in total. The summed E-state index contributed by atoms with van der Waals surface area (Å²) in [6.45, 7) is 1.50. The number of nitriles is 2. The molecule has 4 aromatic rings. The van der Waals surface area contributed by atoms with Crippen LogP contribution in [0, 0.1) is 22.7 Å². The van der Waals surface area contributed by atoms with E-state index in [0.717, 1.165) is 59.8 Å². The van der Waals surface area contributed by atoms with Crippen LogP contribution in [0.5, 0.6) is 11.5 Å². The van der Waals surface area contributed by atoms with Gasteiger partial charge in [-0.2, -0.15) is 10.5 Å². The largest absolute Gasteiger partial charge is 0.494 e. The van der Waals surface area contributed by atoms with Crippen molar-refractivity contribution in [2.45, 2.75) is 51.4 Å². The van der Waals surface area contributed by atoms with Crippen LogP contribution in [0.15, 0.2) is 97.1 Å². The second-order valence-electron chi connectivity index (χ2n) is 9.95. The number of ether oxygens (including phenoxy) is 2. The molecule has 0 N–H and O–H groups in total. The van der Waals surface area contributed by atoms with Crippen LogP contribution in [0.2, 0.25) is 0 Å². The Bertz CT molecular complexity index is 1270. The van der Waals surface area contributed by atoms with Gasteiger partial charge in [-0.1, -0.05) is 87.1 Å². The first kappa shape index (κ1) is 28.5. The van der Waals surface area contributed by atoms with E-state index in [1.165, 1.54) is 38.5 Å². The maximum Gasteiger partial charge on any atom is 0.119 e. The molecule has 0 spiro atoms. The van der Waals surface area contributed by atoms with E-state index in [9.17, 15) is 0 Å². The van der Waals surface area contributed by atoms with E-state index in [4.69, 9.17) is 20.0 Å². The fourth-order valence-electron chi connectivity index (χ4n) is 4.61. The van der Waals surface area contributed by atoms with E-state index in [0.29, 0.717) is 11.1 Å². The van der Waals surface area contributed by atoms with Gasteiger partial charge in [0.2, 0.25) is 0 Å². The summed E-state index contributed by atoms with van der Waals surface area (Å²) in [6.07, 6.45) is 9.61. The van der Waals surface area contributed by atoms with Crippen molar-refractivity contribution in [2.24, 2.45) is 0 Å². The SMILES string of the molecule is N#Cc1ccc(-c2ccc(OCCCCCCCCCCOc3ccc(-c4ccc(C#N)cc4)cc3)cc2)cc1. The van der Waals surface area contributed by atoms with Gasteiger partial charge in [0.05, 0.1) is 36.5 Å². The molecule has 202 valence electrons. The highest BCUT2D eigenvalue weighted by Gasteiger charge is 2.02. The molecule has 4 heteroatoms. The molecule has 0 saturated heterocycles. The van der Waals surface area contributed by atoms with Crippen molar-refractivity contribution >= 4 is 0 Å². The molecule has 0 atom stereocenters. The molecule has 4 aromatic carbocycles. The van der Waals surface area contributed by atoms with Gasteiger partial charge in [-0.25, -0.2) is 0 Å². The predicted octanol–water partition coefficient (Wildman–Crippen LogP) is 9.34.